The maximum absolute atomic E-state index is 9.62. The normalized spacial score (nSPS) is 22.1. The molecule has 2 rings (SSSR count). The van der Waals surface area contributed by atoms with E-state index in [1.807, 2.05) is 6.20 Å². The molecule has 0 spiro atoms. The van der Waals surface area contributed by atoms with Gasteiger partial charge in [0.15, 0.2) is 0 Å². The van der Waals surface area contributed by atoms with Gasteiger partial charge >= 0.3 is 0 Å². The van der Waals surface area contributed by atoms with Crippen LogP contribution in [0.4, 0.5) is 0 Å². The molecule has 1 atom stereocenters. The number of rotatable bonds is 0. The highest BCUT2D eigenvalue weighted by Crippen LogP contribution is 2.25. The van der Waals surface area contributed by atoms with E-state index in [2.05, 4.69) is 30.3 Å². The zero-order valence-electron chi connectivity index (χ0n) is 9.12. The molecule has 1 aromatic rings. The first kappa shape index (κ1) is 9.71. The van der Waals surface area contributed by atoms with Crippen LogP contribution in [0.3, 0.4) is 0 Å². The smallest absolute Gasteiger partial charge is 0.114 e. The van der Waals surface area contributed by atoms with Crippen molar-refractivity contribution in [3.8, 4) is 0 Å². The molecule has 0 aromatic carbocycles. The van der Waals surface area contributed by atoms with Crippen molar-refractivity contribution in [1.29, 1.82) is 0 Å². The van der Waals surface area contributed by atoms with Gasteiger partial charge in [-0.1, -0.05) is 20.8 Å². The van der Waals surface area contributed by atoms with Gasteiger partial charge in [0.05, 0.1) is 12.6 Å². The first-order valence-corrected chi connectivity index (χ1v) is 5.21. The maximum Gasteiger partial charge on any atom is 0.114 e. The van der Waals surface area contributed by atoms with E-state index < -0.39 is 0 Å². The summed E-state index contributed by atoms with van der Waals surface area (Å²) in [6, 6.07) is 0. The van der Waals surface area contributed by atoms with Gasteiger partial charge in [-0.3, -0.25) is 0 Å². The molecule has 0 fully saturated rings. The van der Waals surface area contributed by atoms with E-state index in [1.165, 1.54) is 5.69 Å². The summed E-state index contributed by atoms with van der Waals surface area (Å²) in [5, 5.41) is 9.62. The number of fused-ring (bicyclic) bond motifs is 1. The summed E-state index contributed by atoms with van der Waals surface area (Å²) in [7, 11) is 0. The zero-order chi connectivity index (χ0) is 10.3. The van der Waals surface area contributed by atoms with Gasteiger partial charge in [0, 0.05) is 17.3 Å². The minimum absolute atomic E-state index is 0.0648. The fourth-order valence-corrected chi connectivity index (χ4v) is 2.03. The fraction of sp³-hybridized carbons (Fsp3) is 0.727. The van der Waals surface area contributed by atoms with E-state index >= 15 is 0 Å². The summed E-state index contributed by atoms with van der Waals surface area (Å²) >= 11 is 0. The number of hydrogen-bond acceptors (Lipinski definition) is 2. The average Bonchev–Trinajstić information content (AvgIpc) is 2.45. The van der Waals surface area contributed by atoms with Crippen molar-refractivity contribution in [2.24, 2.45) is 0 Å². The minimum atomic E-state index is -0.196. The summed E-state index contributed by atoms with van der Waals surface area (Å²) in [6.07, 6.45) is 3.57. The highest BCUT2D eigenvalue weighted by Gasteiger charge is 2.26. The van der Waals surface area contributed by atoms with Crippen LogP contribution in [0, 0.1) is 0 Å². The Balaban J connectivity index is 2.41. The Morgan fingerprint density at radius 3 is 2.86 bits per heavy atom. The Hall–Kier alpha value is -0.830. The molecule has 0 radical (unpaired) electrons. The van der Waals surface area contributed by atoms with Crippen molar-refractivity contribution in [2.45, 2.75) is 51.7 Å². The first-order valence-electron chi connectivity index (χ1n) is 5.21. The van der Waals surface area contributed by atoms with E-state index in [1.54, 1.807) is 0 Å². The molecule has 0 saturated carbocycles. The lowest BCUT2D eigenvalue weighted by molar-refractivity contribution is 0.128. The van der Waals surface area contributed by atoms with Crippen LogP contribution >= 0.6 is 0 Å². The predicted octanol–water partition coefficient (Wildman–Crippen LogP) is 1.49. The SMILES string of the molecule is CC(C)(C)c1ncc2n1CC(O)CC2. The summed E-state index contributed by atoms with van der Waals surface area (Å²) in [5.74, 6) is 1.09. The Morgan fingerprint density at radius 2 is 2.21 bits per heavy atom. The molecule has 78 valence electrons. The van der Waals surface area contributed by atoms with Crippen LogP contribution in [0.25, 0.3) is 0 Å². The Bertz CT molecular complexity index is 336. The van der Waals surface area contributed by atoms with Gasteiger partial charge in [-0.25, -0.2) is 4.98 Å². The van der Waals surface area contributed by atoms with Crippen molar-refractivity contribution in [1.82, 2.24) is 9.55 Å². The number of aliphatic hydroxyl groups is 1. The summed E-state index contributed by atoms with van der Waals surface area (Å²) < 4.78 is 2.17. The summed E-state index contributed by atoms with van der Waals surface area (Å²) in [4.78, 5) is 4.46. The van der Waals surface area contributed by atoms with Gasteiger partial charge in [-0.05, 0) is 12.8 Å². The molecule has 0 aliphatic carbocycles. The minimum Gasteiger partial charge on any atom is -0.391 e. The quantitative estimate of drug-likeness (QED) is 0.679. The second-order valence-corrected chi connectivity index (χ2v) is 5.13. The van der Waals surface area contributed by atoms with Crippen LogP contribution in [0.15, 0.2) is 6.20 Å². The van der Waals surface area contributed by atoms with Crippen LogP contribution < -0.4 is 0 Å². The predicted molar refractivity (Wildman–Crippen MR) is 55.3 cm³/mol. The lowest BCUT2D eigenvalue weighted by Gasteiger charge is -2.26. The molecule has 1 N–H and O–H groups in total. The van der Waals surface area contributed by atoms with Gasteiger partial charge in [0.2, 0.25) is 0 Å². The molecule has 0 bridgehead atoms. The van der Waals surface area contributed by atoms with Crippen molar-refractivity contribution >= 4 is 0 Å². The number of aliphatic hydroxyl groups excluding tert-OH is 1. The van der Waals surface area contributed by atoms with E-state index in [9.17, 15) is 5.11 Å². The van der Waals surface area contributed by atoms with Crippen LogP contribution in [-0.4, -0.2) is 20.8 Å². The Morgan fingerprint density at radius 1 is 1.50 bits per heavy atom. The second kappa shape index (κ2) is 3.09. The number of aryl methyl sites for hydroxylation is 1. The van der Waals surface area contributed by atoms with E-state index in [0.717, 1.165) is 18.7 Å². The highest BCUT2D eigenvalue weighted by atomic mass is 16.3. The summed E-state index contributed by atoms with van der Waals surface area (Å²) in [6.45, 7) is 7.18. The van der Waals surface area contributed by atoms with Crippen LogP contribution in [0.1, 0.15) is 38.7 Å². The Kier molecular flexibility index (Phi) is 2.14. The zero-order valence-corrected chi connectivity index (χ0v) is 9.12. The highest BCUT2D eigenvalue weighted by molar-refractivity contribution is 5.14. The van der Waals surface area contributed by atoms with Crippen LogP contribution in [0.5, 0.6) is 0 Å². The number of nitrogens with zero attached hydrogens (tertiary/aromatic N) is 2. The van der Waals surface area contributed by atoms with Crippen LogP contribution in [-0.2, 0) is 18.4 Å². The summed E-state index contributed by atoms with van der Waals surface area (Å²) in [5.41, 5.74) is 1.33. The Labute approximate surface area is 84.8 Å². The van der Waals surface area contributed by atoms with Crippen molar-refractivity contribution in [2.75, 3.05) is 0 Å². The van der Waals surface area contributed by atoms with Gasteiger partial charge in [-0.2, -0.15) is 0 Å². The monoisotopic (exact) mass is 194 g/mol. The van der Waals surface area contributed by atoms with E-state index in [-0.39, 0.29) is 11.5 Å². The third-order valence-corrected chi connectivity index (χ3v) is 2.74. The van der Waals surface area contributed by atoms with E-state index in [4.69, 9.17) is 0 Å². The molecule has 3 nitrogen and oxygen atoms in total. The largest absolute Gasteiger partial charge is 0.391 e. The van der Waals surface area contributed by atoms with Gasteiger partial charge < -0.3 is 9.67 Å². The third-order valence-electron chi connectivity index (χ3n) is 2.74. The maximum atomic E-state index is 9.62. The number of aromatic nitrogens is 2. The van der Waals surface area contributed by atoms with Gasteiger partial charge in [0.1, 0.15) is 5.82 Å². The average molecular weight is 194 g/mol. The van der Waals surface area contributed by atoms with Crippen molar-refractivity contribution in [3.63, 3.8) is 0 Å². The molecular formula is C11H18N2O. The molecule has 0 amide bonds. The lowest BCUT2D eigenvalue weighted by Crippen LogP contribution is -2.28. The fourth-order valence-electron chi connectivity index (χ4n) is 2.03. The van der Waals surface area contributed by atoms with Gasteiger partial charge in [0.25, 0.3) is 0 Å². The third kappa shape index (κ3) is 1.57. The molecule has 2 heterocycles. The molecule has 1 aliphatic heterocycles. The first-order chi connectivity index (χ1) is 6.48. The molecule has 0 saturated heterocycles. The standard InChI is InChI=1S/C11H18N2O/c1-11(2,3)10-12-6-8-4-5-9(14)7-13(8)10/h6,9,14H,4-5,7H2,1-3H3. The molecule has 1 aliphatic rings. The van der Waals surface area contributed by atoms with Gasteiger partial charge in [-0.15, -0.1) is 0 Å². The van der Waals surface area contributed by atoms with Crippen LogP contribution in [0.2, 0.25) is 0 Å². The van der Waals surface area contributed by atoms with Crippen molar-refractivity contribution in [3.05, 3.63) is 17.7 Å². The second-order valence-electron chi connectivity index (χ2n) is 5.13. The molecule has 1 unspecified atom stereocenters. The molecule has 3 heteroatoms. The number of hydrogen-bond donors (Lipinski definition) is 1. The topological polar surface area (TPSA) is 38.0 Å². The molecular weight excluding hydrogens is 176 g/mol. The van der Waals surface area contributed by atoms with E-state index in [0.29, 0.717) is 6.54 Å². The molecule has 14 heavy (non-hydrogen) atoms. The molecule has 1 aromatic heterocycles. The number of imidazole rings is 1. The lowest BCUT2D eigenvalue weighted by atomic mass is 9.95. The van der Waals surface area contributed by atoms with Crippen molar-refractivity contribution < 1.29 is 5.11 Å².